The van der Waals surface area contributed by atoms with Gasteiger partial charge in [-0.3, -0.25) is 9.78 Å². The number of pyridine rings is 1. The first-order valence-corrected chi connectivity index (χ1v) is 6.50. The zero-order valence-electron chi connectivity index (χ0n) is 10.1. The van der Waals surface area contributed by atoms with E-state index in [1.54, 1.807) is 18.6 Å². The Labute approximate surface area is 119 Å². The molecule has 5 heteroatoms. The average molecular weight is 318 g/mol. The van der Waals surface area contributed by atoms with Gasteiger partial charge in [0.15, 0.2) is 0 Å². The highest BCUT2D eigenvalue weighted by Gasteiger charge is 2.01. The van der Waals surface area contributed by atoms with E-state index in [0.29, 0.717) is 6.42 Å². The van der Waals surface area contributed by atoms with Crippen molar-refractivity contribution in [2.24, 2.45) is 5.10 Å². The number of hydrogen-bond donors (Lipinski definition) is 1. The van der Waals surface area contributed by atoms with Gasteiger partial charge < -0.3 is 0 Å². The second kappa shape index (κ2) is 6.80. The smallest absolute Gasteiger partial charge is 0.244 e. The molecule has 0 radical (unpaired) electrons. The quantitative estimate of drug-likeness (QED) is 0.696. The zero-order valence-corrected chi connectivity index (χ0v) is 11.7. The molecule has 1 aromatic heterocycles. The summed E-state index contributed by atoms with van der Waals surface area (Å²) in [7, 11) is 0. The van der Waals surface area contributed by atoms with Crippen molar-refractivity contribution in [2.75, 3.05) is 0 Å². The lowest BCUT2D eigenvalue weighted by Crippen LogP contribution is -2.19. The maximum absolute atomic E-state index is 11.6. The Bertz CT molecular complexity index is 567. The van der Waals surface area contributed by atoms with E-state index in [9.17, 15) is 4.79 Å². The fraction of sp³-hybridized carbons (Fsp3) is 0.0714. The molecule has 0 bridgehead atoms. The lowest BCUT2D eigenvalue weighted by Gasteiger charge is -2.00. The van der Waals surface area contributed by atoms with E-state index in [1.807, 2.05) is 36.4 Å². The van der Waals surface area contributed by atoms with Gasteiger partial charge in [0.1, 0.15) is 0 Å². The number of nitrogens with zero attached hydrogens (tertiary/aromatic N) is 2. The van der Waals surface area contributed by atoms with Crippen molar-refractivity contribution in [3.05, 3.63) is 64.4 Å². The second-order valence-corrected chi connectivity index (χ2v) is 4.79. The topological polar surface area (TPSA) is 54.4 Å². The van der Waals surface area contributed by atoms with Gasteiger partial charge in [0.2, 0.25) is 5.91 Å². The van der Waals surface area contributed by atoms with Crippen molar-refractivity contribution in [1.82, 2.24) is 10.4 Å². The minimum absolute atomic E-state index is 0.146. The number of rotatable bonds is 4. The maximum Gasteiger partial charge on any atom is 0.244 e. The summed E-state index contributed by atoms with van der Waals surface area (Å²) >= 11 is 3.35. The van der Waals surface area contributed by atoms with Gasteiger partial charge in [-0.15, -0.1) is 0 Å². The van der Waals surface area contributed by atoms with Crippen LogP contribution in [0.15, 0.2) is 58.4 Å². The largest absolute Gasteiger partial charge is 0.273 e. The lowest BCUT2D eigenvalue weighted by atomic mass is 10.1. The number of aromatic nitrogens is 1. The number of halogens is 1. The molecule has 0 saturated heterocycles. The molecule has 96 valence electrons. The molecule has 0 aliphatic carbocycles. The summed E-state index contributed by atoms with van der Waals surface area (Å²) in [6.07, 6.45) is 5.23. The van der Waals surface area contributed by atoms with Gasteiger partial charge in [0.25, 0.3) is 0 Å². The molecule has 1 aromatic carbocycles. The van der Waals surface area contributed by atoms with Gasteiger partial charge in [-0.25, -0.2) is 5.43 Å². The van der Waals surface area contributed by atoms with Crippen molar-refractivity contribution >= 4 is 28.1 Å². The molecule has 2 aromatic rings. The summed E-state index contributed by atoms with van der Waals surface area (Å²) in [5.41, 5.74) is 4.32. The monoisotopic (exact) mass is 317 g/mol. The zero-order chi connectivity index (χ0) is 13.5. The Balaban J connectivity index is 1.85. The van der Waals surface area contributed by atoms with Crippen LogP contribution in [0.5, 0.6) is 0 Å². The minimum Gasteiger partial charge on any atom is -0.273 e. The lowest BCUT2D eigenvalue weighted by molar-refractivity contribution is -0.120. The second-order valence-electron chi connectivity index (χ2n) is 3.88. The van der Waals surface area contributed by atoms with Gasteiger partial charge in [0.05, 0.1) is 12.6 Å². The molecule has 0 aliphatic rings. The first-order chi connectivity index (χ1) is 9.24. The van der Waals surface area contributed by atoms with Crippen LogP contribution in [0.2, 0.25) is 0 Å². The molecule has 0 spiro atoms. The van der Waals surface area contributed by atoms with Crippen molar-refractivity contribution in [1.29, 1.82) is 0 Å². The van der Waals surface area contributed by atoms with E-state index >= 15 is 0 Å². The fourth-order valence-electron chi connectivity index (χ4n) is 1.46. The predicted molar refractivity (Wildman–Crippen MR) is 77.8 cm³/mol. The van der Waals surface area contributed by atoms with Crippen LogP contribution in [-0.4, -0.2) is 17.1 Å². The van der Waals surface area contributed by atoms with Crippen LogP contribution in [0.4, 0.5) is 0 Å². The van der Waals surface area contributed by atoms with Crippen molar-refractivity contribution in [2.45, 2.75) is 6.42 Å². The molecule has 0 fully saturated rings. The Kier molecular flexibility index (Phi) is 4.80. The standard InChI is InChI=1S/C14H12BrN3O/c15-13-3-1-11(2-4-13)9-14(19)18-17-10-12-5-7-16-8-6-12/h1-8,10H,9H2,(H,18,19). The Morgan fingerprint density at radius 2 is 1.89 bits per heavy atom. The van der Waals surface area contributed by atoms with Crippen molar-refractivity contribution in [3.63, 3.8) is 0 Å². The number of amides is 1. The van der Waals surface area contributed by atoms with Crippen LogP contribution in [-0.2, 0) is 11.2 Å². The maximum atomic E-state index is 11.6. The fourth-order valence-corrected chi connectivity index (χ4v) is 1.72. The molecule has 0 saturated carbocycles. The van der Waals surface area contributed by atoms with Crippen LogP contribution in [0.3, 0.4) is 0 Å². The Morgan fingerprint density at radius 1 is 1.21 bits per heavy atom. The van der Waals surface area contributed by atoms with Crippen LogP contribution in [0.1, 0.15) is 11.1 Å². The van der Waals surface area contributed by atoms with E-state index in [1.165, 1.54) is 0 Å². The highest BCUT2D eigenvalue weighted by molar-refractivity contribution is 9.10. The molecule has 0 unspecified atom stereocenters. The molecule has 0 aliphatic heterocycles. The molecular weight excluding hydrogens is 306 g/mol. The summed E-state index contributed by atoms with van der Waals surface area (Å²) in [4.78, 5) is 15.5. The van der Waals surface area contributed by atoms with E-state index in [2.05, 4.69) is 31.4 Å². The summed E-state index contributed by atoms with van der Waals surface area (Å²) < 4.78 is 0.993. The number of carbonyl (C=O) groups excluding carboxylic acids is 1. The van der Waals surface area contributed by atoms with Crippen LogP contribution < -0.4 is 5.43 Å². The third-order valence-electron chi connectivity index (χ3n) is 2.39. The van der Waals surface area contributed by atoms with Crippen molar-refractivity contribution < 1.29 is 4.79 Å². The van der Waals surface area contributed by atoms with Gasteiger partial charge in [0, 0.05) is 16.9 Å². The summed E-state index contributed by atoms with van der Waals surface area (Å²) in [6.45, 7) is 0. The molecule has 1 N–H and O–H groups in total. The van der Waals surface area contributed by atoms with Gasteiger partial charge in [-0.05, 0) is 35.4 Å². The molecule has 0 atom stereocenters. The highest BCUT2D eigenvalue weighted by Crippen LogP contribution is 2.10. The molecule has 1 amide bonds. The molecular formula is C14H12BrN3O. The van der Waals surface area contributed by atoms with Crippen LogP contribution >= 0.6 is 15.9 Å². The molecule has 4 nitrogen and oxygen atoms in total. The number of benzene rings is 1. The number of nitrogens with one attached hydrogen (secondary N) is 1. The highest BCUT2D eigenvalue weighted by atomic mass is 79.9. The first-order valence-electron chi connectivity index (χ1n) is 5.70. The van der Waals surface area contributed by atoms with Crippen LogP contribution in [0.25, 0.3) is 0 Å². The number of hydrazone groups is 1. The third kappa shape index (κ3) is 4.63. The average Bonchev–Trinajstić information content (AvgIpc) is 2.43. The molecule has 19 heavy (non-hydrogen) atoms. The summed E-state index contributed by atoms with van der Waals surface area (Å²) in [5, 5.41) is 3.89. The SMILES string of the molecule is O=C(Cc1ccc(Br)cc1)NN=Cc1ccncc1. The Morgan fingerprint density at radius 3 is 2.58 bits per heavy atom. The minimum atomic E-state index is -0.146. The first kappa shape index (κ1) is 13.4. The van der Waals surface area contributed by atoms with E-state index in [-0.39, 0.29) is 5.91 Å². The third-order valence-corrected chi connectivity index (χ3v) is 2.92. The predicted octanol–water partition coefficient (Wildman–Crippen LogP) is 2.54. The number of carbonyl (C=O) groups is 1. The van der Waals surface area contributed by atoms with Gasteiger partial charge >= 0.3 is 0 Å². The van der Waals surface area contributed by atoms with Gasteiger partial charge in [-0.1, -0.05) is 28.1 Å². The van der Waals surface area contributed by atoms with Crippen LogP contribution in [0, 0.1) is 0 Å². The van der Waals surface area contributed by atoms with E-state index < -0.39 is 0 Å². The number of hydrogen-bond acceptors (Lipinski definition) is 3. The Hall–Kier alpha value is -2.01. The van der Waals surface area contributed by atoms with E-state index in [0.717, 1.165) is 15.6 Å². The molecule has 2 rings (SSSR count). The molecule has 1 heterocycles. The van der Waals surface area contributed by atoms with E-state index in [4.69, 9.17) is 0 Å². The summed E-state index contributed by atoms with van der Waals surface area (Å²) in [6, 6.07) is 11.2. The summed E-state index contributed by atoms with van der Waals surface area (Å²) in [5.74, 6) is -0.146. The van der Waals surface area contributed by atoms with Crippen molar-refractivity contribution in [3.8, 4) is 0 Å². The normalized spacial score (nSPS) is 10.6. The van der Waals surface area contributed by atoms with Gasteiger partial charge in [-0.2, -0.15) is 5.10 Å².